The summed E-state index contributed by atoms with van der Waals surface area (Å²) < 4.78 is 6.16. The van der Waals surface area contributed by atoms with Gasteiger partial charge in [0.1, 0.15) is 0 Å². The predicted octanol–water partition coefficient (Wildman–Crippen LogP) is 2.82. The van der Waals surface area contributed by atoms with Gasteiger partial charge in [0.25, 0.3) is 5.91 Å². The van der Waals surface area contributed by atoms with Crippen molar-refractivity contribution in [1.82, 2.24) is 4.90 Å². The first-order chi connectivity index (χ1) is 13.0. The Balaban J connectivity index is 1.46. The summed E-state index contributed by atoms with van der Waals surface area (Å²) in [6.45, 7) is 0.413. The lowest BCUT2D eigenvalue weighted by Gasteiger charge is -2.16. The van der Waals surface area contributed by atoms with Crippen molar-refractivity contribution in [3.05, 3.63) is 63.7 Å². The minimum Gasteiger partial charge on any atom is -0.455 e. The normalized spacial score (nSPS) is 16.3. The van der Waals surface area contributed by atoms with Crippen molar-refractivity contribution in [2.75, 3.05) is 18.5 Å². The van der Waals surface area contributed by atoms with Crippen molar-refractivity contribution in [2.24, 2.45) is 5.92 Å². The number of rotatable bonds is 6. The zero-order valence-corrected chi connectivity index (χ0v) is 16.7. The van der Waals surface area contributed by atoms with E-state index in [0.717, 1.165) is 9.13 Å². The van der Waals surface area contributed by atoms with Gasteiger partial charge in [-0.15, -0.1) is 0 Å². The molecule has 7 heteroatoms. The van der Waals surface area contributed by atoms with E-state index in [-0.39, 0.29) is 18.9 Å². The Kier molecular flexibility index (Phi) is 6.44. The van der Waals surface area contributed by atoms with E-state index in [9.17, 15) is 14.4 Å². The average molecular weight is 478 g/mol. The molecule has 140 valence electrons. The van der Waals surface area contributed by atoms with Gasteiger partial charge in [-0.2, -0.15) is 0 Å². The number of anilines is 1. The minimum atomic E-state index is -0.535. The Morgan fingerprint density at radius 2 is 1.81 bits per heavy atom. The maximum Gasteiger partial charge on any atom is 0.311 e. The van der Waals surface area contributed by atoms with Crippen LogP contribution in [0.1, 0.15) is 12.0 Å². The number of carbonyl (C=O) groups is 3. The van der Waals surface area contributed by atoms with Crippen LogP contribution in [-0.2, 0) is 25.7 Å². The number of halogens is 1. The minimum absolute atomic E-state index is 0.0795. The van der Waals surface area contributed by atoms with Gasteiger partial charge >= 0.3 is 5.97 Å². The molecular weight excluding hydrogens is 459 g/mol. The van der Waals surface area contributed by atoms with Crippen LogP contribution in [0.3, 0.4) is 0 Å². The lowest BCUT2D eigenvalue weighted by molar-refractivity contribution is -0.151. The summed E-state index contributed by atoms with van der Waals surface area (Å²) in [5.41, 5.74) is 1.65. The van der Waals surface area contributed by atoms with E-state index in [0.29, 0.717) is 18.8 Å². The number of nitrogens with one attached hydrogen (secondary N) is 1. The first-order valence-electron chi connectivity index (χ1n) is 8.55. The number of ether oxygens (including phenoxy) is 1. The number of hydrogen-bond acceptors (Lipinski definition) is 4. The first-order valence-corrected chi connectivity index (χ1v) is 9.63. The standard InChI is InChI=1S/C20H19IN2O4/c21-16-6-8-17(9-7-16)22-18(24)13-27-20(26)15-10-19(25)23(12-15)11-14-4-2-1-3-5-14/h1-9,15H,10-13H2,(H,22,24)/t15-/m1/s1. The molecule has 0 radical (unpaired) electrons. The van der Waals surface area contributed by atoms with Gasteiger partial charge in [0.15, 0.2) is 6.61 Å². The Labute approximate surface area is 171 Å². The van der Waals surface area contributed by atoms with E-state index in [1.807, 2.05) is 42.5 Å². The second-order valence-electron chi connectivity index (χ2n) is 6.32. The molecule has 0 aromatic heterocycles. The highest BCUT2D eigenvalue weighted by atomic mass is 127. The van der Waals surface area contributed by atoms with Gasteiger partial charge in [-0.1, -0.05) is 30.3 Å². The second-order valence-corrected chi connectivity index (χ2v) is 7.57. The highest BCUT2D eigenvalue weighted by Crippen LogP contribution is 2.21. The molecule has 0 aliphatic carbocycles. The summed E-state index contributed by atoms with van der Waals surface area (Å²) in [6.07, 6.45) is 0.115. The van der Waals surface area contributed by atoms with Gasteiger partial charge in [-0.3, -0.25) is 14.4 Å². The molecule has 0 unspecified atom stereocenters. The Hall–Kier alpha value is -2.42. The largest absolute Gasteiger partial charge is 0.455 e. The van der Waals surface area contributed by atoms with Crippen LogP contribution in [-0.4, -0.2) is 35.8 Å². The quantitative estimate of drug-likeness (QED) is 0.512. The smallest absolute Gasteiger partial charge is 0.311 e. The fourth-order valence-electron chi connectivity index (χ4n) is 2.87. The van der Waals surface area contributed by atoms with Gasteiger partial charge in [-0.05, 0) is 52.4 Å². The fourth-order valence-corrected chi connectivity index (χ4v) is 3.23. The molecule has 1 N–H and O–H groups in total. The van der Waals surface area contributed by atoms with Crippen LogP contribution < -0.4 is 5.32 Å². The van der Waals surface area contributed by atoms with E-state index in [4.69, 9.17) is 4.74 Å². The molecule has 3 rings (SSSR count). The van der Waals surface area contributed by atoms with Crippen molar-refractivity contribution >= 4 is 46.1 Å². The molecule has 2 aromatic carbocycles. The summed E-state index contributed by atoms with van der Waals surface area (Å²) in [5.74, 6) is -1.54. The monoisotopic (exact) mass is 478 g/mol. The zero-order chi connectivity index (χ0) is 19.2. The summed E-state index contributed by atoms with van der Waals surface area (Å²) >= 11 is 2.17. The number of esters is 1. The summed E-state index contributed by atoms with van der Waals surface area (Å²) in [7, 11) is 0. The number of likely N-dealkylation sites (tertiary alicyclic amines) is 1. The van der Waals surface area contributed by atoms with E-state index in [1.165, 1.54) is 0 Å². The van der Waals surface area contributed by atoms with Crippen molar-refractivity contribution in [1.29, 1.82) is 0 Å². The first kappa shape index (κ1) is 19.3. The number of hydrogen-bond donors (Lipinski definition) is 1. The molecule has 1 heterocycles. The third kappa shape index (κ3) is 5.53. The summed E-state index contributed by atoms with van der Waals surface area (Å²) in [4.78, 5) is 37.9. The molecule has 2 amide bonds. The molecular formula is C20H19IN2O4. The highest BCUT2D eigenvalue weighted by molar-refractivity contribution is 14.1. The second kappa shape index (κ2) is 8.98. The van der Waals surface area contributed by atoms with Crippen LogP contribution in [0.5, 0.6) is 0 Å². The lowest BCUT2D eigenvalue weighted by atomic mass is 10.1. The molecule has 0 spiro atoms. The molecule has 6 nitrogen and oxygen atoms in total. The van der Waals surface area contributed by atoms with Crippen LogP contribution in [0.25, 0.3) is 0 Å². The summed E-state index contributed by atoms with van der Waals surface area (Å²) in [6, 6.07) is 16.9. The van der Waals surface area contributed by atoms with Gasteiger partial charge in [0, 0.05) is 28.8 Å². The Morgan fingerprint density at radius 1 is 1.11 bits per heavy atom. The lowest BCUT2D eigenvalue weighted by Crippen LogP contribution is -2.28. The van der Waals surface area contributed by atoms with Crippen LogP contribution in [0.2, 0.25) is 0 Å². The van der Waals surface area contributed by atoms with Crippen molar-refractivity contribution < 1.29 is 19.1 Å². The molecule has 1 aliphatic heterocycles. The zero-order valence-electron chi connectivity index (χ0n) is 14.6. The molecule has 2 aromatic rings. The van der Waals surface area contributed by atoms with Crippen LogP contribution in [0.4, 0.5) is 5.69 Å². The third-order valence-electron chi connectivity index (χ3n) is 4.24. The average Bonchev–Trinajstić information content (AvgIpc) is 3.03. The maximum absolute atomic E-state index is 12.2. The van der Waals surface area contributed by atoms with Crippen molar-refractivity contribution in [3.8, 4) is 0 Å². The van der Waals surface area contributed by atoms with Crippen LogP contribution in [0.15, 0.2) is 54.6 Å². The van der Waals surface area contributed by atoms with Gasteiger partial charge in [-0.25, -0.2) is 0 Å². The van der Waals surface area contributed by atoms with Gasteiger partial charge in [0.2, 0.25) is 5.91 Å². The van der Waals surface area contributed by atoms with Crippen LogP contribution >= 0.6 is 22.6 Å². The molecule has 27 heavy (non-hydrogen) atoms. The summed E-state index contributed by atoms with van der Waals surface area (Å²) in [5, 5.41) is 2.67. The molecule has 1 saturated heterocycles. The SMILES string of the molecule is O=C(COC(=O)[C@@H]1CC(=O)N(Cc2ccccc2)C1)Nc1ccc(I)cc1. The number of nitrogens with zero attached hydrogens (tertiary/aromatic N) is 1. The maximum atomic E-state index is 12.2. The molecule has 1 atom stereocenters. The molecule has 0 saturated carbocycles. The van der Waals surface area contributed by atoms with E-state index >= 15 is 0 Å². The van der Waals surface area contributed by atoms with Crippen LogP contribution in [0, 0.1) is 9.49 Å². The van der Waals surface area contributed by atoms with E-state index < -0.39 is 17.8 Å². The number of benzene rings is 2. The highest BCUT2D eigenvalue weighted by Gasteiger charge is 2.35. The molecule has 1 aliphatic rings. The molecule has 1 fully saturated rings. The van der Waals surface area contributed by atoms with E-state index in [2.05, 4.69) is 27.9 Å². The van der Waals surface area contributed by atoms with E-state index in [1.54, 1.807) is 17.0 Å². The number of carbonyl (C=O) groups excluding carboxylic acids is 3. The fraction of sp³-hybridized carbons (Fsp3) is 0.250. The van der Waals surface area contributed by atoms with Gasteiger partial charge < -0.3 is 15.0 Å². The van der Waals surface area contributed by atoms with Crippen molar-refractivity contribution in [3.63, 3.8) is 0 Å². The Morgan fingerprint density at radius 3 is 2.52 bits per heavy atom. The van der Waals surface area contributed by atoms with Gasteiger partial charge in [0.05, 0.1) is 5.92 Å². The number of amides is 2. The molecule has 0 bridgehead atoms. The predicted molar refractivity (Wildman–Crippen MR) is 109 cm³/mol. The Bertz CT molecular complexity index is 824. The van der Waals surface area contributed by atoms with Crippen molar-refractivity contribution in [2.45, 2.75) is 13.0 Å². The third-order valence-corrected chi connectivity index (χ3v) is 4.96. The topological polar surface area (TPSA) is 75.7 Å².